The first-order valence-electron chi connectivity index (χ1n) is 16.4. The quantitative estimate of drug-likeness (QED) is 0.199. The van der Waals surface area contributed by atoms with E-state index in [2.05, 4.69) is 10.6 Å². The molecule has 1 fully saturated rings. The van der Waals surface area contributed by atoms with Gasteiger partial charge in [-0.1, -0.05) is 26.8 Å². The number of hydrogen-bond donors (Lipinski definition) is 5. The van der Waals surface area contributed by atoms with Crippen LogP contribution in [0.1, 0.15) is 78.4 Å². The van der Waals surface area contributed by atoms with Gasteiger partial charge >= 0.3 is 12.1 Å². The zero-order valence-corrected chi connectivity index (χ0v) is 29.4. The number of hydrogen-bond acceptors (Lipinski definition) is 14. The molecular formula is C34H44N4O10S. The molecule has 15 heteroatoms. The predicted octanol–water partition coefficient (Wildman–Crippen LogP) is 3.01. The molecule has 4 aliphatic heterocycles. The van der Waals surface area contributed by atoms with Crippen LogP contribution in [0.4, 0.5) is 4.79 Å². The van der Waals surface area contributed by atoms with Crippen LogP contribution in [0.3, 0.4) is 0 Å². The Morgan fingerprint density at radius 3 is 2.53 bits per heavy atom. The molecule has 2 bridgehead atoms. The van der Waals surface area contributed by atoms with Crippen LogP contribution in [-0.4, -0.2) is 83.7 Å². The summed E-state index contributed by atoms with van der Waals surface area (Å²) in [6.07, 6.45) is -1.71. The molecule has 14 nitrogen and oxygen atoms in total. The number of alkyl carbamates (subject to hydrolysis) is 1. The number of thioether (sulfide) groups is 1. The number of esters is 1. The van der Waals surface area contributed by atoms with E-state index in [-0.39, 0.29) is 25.1 Å². The number of nitrogens with one attached hydrogen (secondary N) is 2. The molecule has 2 aromatic rings. The molecule has 7 atom stereocenters. The van der Waals surface area contributed by atoms with Gasteiger partial charge in [0.15, 0.2) is 23.0 Å². The van der Waals surface area contributed by atoms with Crippen LogP contribution < -0.4 is 35.3 Å². The number of piperazine rings is 1. The number of aliphatic hydroxyl groups is 1. The summed E-state index contributed by atoms with van der Waals surface area (Å²) in [5, 5.41) is 29.2. The summed E-state index contributed by atoms with van der Waals surface area (Å²) >= 11 is 1.58. The zero-order chi connectivity index (χ0) is 35.5. The van der Waals surface area contributed by atoms with Crippen LogP contribution in [0.25, 0.3) is 0 Å². The molecule has 266 valence electrons. The number of methoxy groups -OCH3 is 1. The van der Waals surface area contributed by atoms with Crippen molar-refractivity contribution in [3.05, 3.63) is 39.4 Å². The molecule has 0 aromatic heterocycles. The number of rotatable bonds is 8. The van der Waals surface area contributed by atoms with E-state index in [4.69, 9.17) is 29.4 Å². The number of phenolic OH excluding ortho intramolecular Hbond substituents is 1. The van der Waals surface area contributed by atoms with E-state index in [0.717, 1.165) is 11.1 Å². The number of carbonyl (C=O) groups is 3. The minimum atomic E-state index is -1.10. The molecule has 0 spiro atoms. The number of aryl methyl sites for hydroxylation is 1. The van der Waals surface area contributed by atoms with Crippen molar-refractivity contribution in [2.45, 2.75) is 89.7 Å². The fourth-order valence-electron chi connectivity index (χ4n) is 7.71. The van der Waals surface area contributed by atoms with Crippen molar-refractivity contribution in [3.63, 3.8) is 0 Å². The van der Waals surface area contributed by atoms with Gasteiger partial charge in [-0.2, -0.15) is 11.8 Å². The summed E-state index contributed by atoms with van der Waals surface area (Å²) in [5.41, 5.74) is 9.98. The lowest BCUT2D eigenvalue weighted by atomic mass is 9.74. The molecule has 49 heavy (non-hydrogen) atoms. The van der Waals surface area contributed by atoms with Crippen molar-refractivity contribution in [1.29, 1.82) is 0 Å². The largest absolute Gasteiger partial charge is 0.504 e. The lowest BCUT2D eigenvalue weighted by molar-refractivity contribution is -0.136. The van der Waals surface area contributed by atoms with Crippen LogP contribution in [0.15, 0.2) is 6.07 Å². The van der Waals surface area contributed by atoms with Gasteiger partial charge in [-0.15, -0.1) is 0 Å². The van der Waals surface area contributed by atoms with Gasteiger partial charge in [0, 0.05) is 35.2 Å². The molecule has 0 radical (unpaired) electrons. The lowest BCUT2D eigenvalue weighted by Gasteiger charge is -2.58. The first-order chi connectivity index (χ1) is 23.3. The third-order valence-electron chi connectivity index (χ3n) is 9.84. The Kier molecular flexibility index (Phi) is 9.67. The summed E-state index contributed by atoms with van der Waals surface area (Å²) in [7, 11) is 1.50. The first kappa shape index (κ1) is 35.1. The molecule has 2 unspecified atom stereocenters. The topological polar surface area (TPSA) is 191 Å². The van der Waals surface area contributed by atoms with Gasteiger partial charge < -0.3 is 44.9 Å². The Morgan fingerprint density at radius 1 is 1.16 bits per heavy atom. The zero-order valence-electron chi connectivity index (χ0n) is 28.6. The van der Waals surface area contributed by atoms with Gasteiger partial charge in [0.1, 0.15) is 18.6 Å². The second-order valence-electron chi connectivity index (χ2n) is 13.1. The number of aromatic hydroxyl groups is 1. The van der Waals surface area contributed by atoms with Gasteiger partial charge in [-0.3, -0.25) is 19.8 Å². The van der Waals surface area contributed by atoms with E-state index in [1.54, 1.807) is 32.5 Å². The fourth-order valence-corrected chi connectivity index (χ4v) is 8.97. The highest BCUT2D eigenvalue weighted by Crippen LogP contribution is 2.62. The van der Waals surface area contributed by atoms with E-state index in [0.29, 0.717) is 57.4 Å². The Labute approximate surface area is 288 Å². The van der Waals surface area contributed by atoms with Crippen LogP contribution in [0.2, 0.25) is 0 Å². The predicted molar refractivity (Wildman–Crippen MR) is 179 cm³/mol. The summed E-state index contributed by atoms with van der Waals surface area (Å²) in [4.78, 5) is 40.2. The van der Waals surface area contributed by atoms with Crippen LogP contribution >= 0.6 is 11.8 Å². The van der Waals surface area contributed by atoms with Crippen molar-refractivity contribution in [2.24, 2.45) is 11.7 Å². The number of nitrogens with zero attached hydrogens (tertiary/aromatic N) is 1. The maximum absolute atomic E-state index is 13.1. The van der Waals surface area contributed by atoms with Crippen molar-refractivity contribution in [1.82, 2.24) is 15.5 Å². The van der Waals surface area contributed by atoms with E-state index in [1.807, 2.05) is 24.8 Å². The van der Waals surface area contributed by atoms with Gasteiger partial charge in [-0.05, 0) is 43.1 Å². The Morgan fingerprint density at radius 2 is 1.88 bits per heavy atom. The Hall–Kier alpha value is -3.76. The summed E-state index contributed by atoms with van der Waals surface area (Å²) in [6.45, 7) is 10.1. The van der Waals surface area contributed by atoms with Crippen molar-refractivity contribution >= 4 is 29.7 Å². The number of amides is 2. The number of nitrogens with two attached hydrogens (primary N) is 1. The lowest BCUT2D eigenvalue weighted by Crippen LogP contribution is -2.69. The van der Waals surface area contributed by atoms with Crippen LogP contribution in [-0.2, 0) is 20.7 Å². The minimum absolute atomic E-state index is 0.00472. The number of fused-ring (bicyclic) bond motifs is 9. The third-order valence-corrected chi connectivity index (χ3v) is 11.0. The maximum Gasteiger partial charge on any atom is 0.413 e. The second-order valence-corrected chi connectivity index (χ2v) is 14.6. The van der Waals surface area contributed by atoms with Crippen molar-refractivity contribution in [3.8, 4) is 28.7 Å². The average Bonchev–Trinajstić information content (AvgIpc) is 3.54. The molecular weight excluding hydrogens is 656 g/mol. The molecule has 4 heterocycles. The van der Waals surface area contributed by atoms with Crippen molar-refractivity contribution in [2.75, 3.05) is 26.3 Å². The first-order valence-corrected chi connectivity index (χ1v) is 17.4. The number of aliphatic hydroxyl groups excluding tert-OH is 1. The summed E-state index contributed by atoms with van der Waals surface area (Å²) < 4.78 is 29.2. The maximum atomic E-state index is 13.1. The SMILES string of the molecule is CCS[C@@H]1c2c(OC(C)=O)c(C)c3c(c2[C@H](COC(=O)NC(=O)C(N)C(C)C)N2C1[C@H]1N[C@H](Cc4cc(C)c(OC)c(O)c41)[C@@H]2O)OCO3. The van der Waals surface area contributed by atoms with Gasteiger partial charge in [0.05, 0.1) is 36.5 Å². The van der Waals surface area contributed by atoms with Crippen LogP contribution in [0.5, 0.6) is 28.7 Å². The van der Waals surface area contributed by atoms with Gasteiger partial charge in [-0.25, -0.2) is 4.79 Å². The monoisotopic (exact) mass is 700 g/mol. The number of benzene rings is 2. The van der Waals surface area contributed by atoms with Gasteiger partial charge in [0.2, 0.25) is 12.7 Å². The number of imide groups is 1. The minimum Gasteiger partial charge on any atom is -0.504 e. The van der Waals surface area contributed by atoms with Crippen molar-refractivity contribution < 1.29 is 48.3 Å². The fraction of sp³-hybridized carbons (Fsp3) is 0.559. The molecule has 2 aromatic carbocycles. The number of carbonyl (C=O) groups excluding carboxylic acids is 3. The molecule has 6 N–H and O–H groups in total. The van der Waals surface area contributed by atoms with E-state index in [1.165, 1.54) is 14.0 Å². The third kappa shape index (κ3) is 5.84. The molecule has 6 rings (SSSR count). The molecule has 4 aliphatic rings. The smallest absolute Gasteiger partial charge is 0.413 e. The molecule has 2 amide bonds. The standard InChI is InChI=1S/C34H44N4O10S/c1-8-49-31-22-21(30-29(46-12-47-30)15(5)28(22)48-16(6)39)19(11-45-34(43)37-32(41)23(35)13(2)3)38-25(31)24-20-17(10-18(36-24)33(38)42)9-14(4)27(44-7)26(20)40/h9,13,18-19,23-25,31,33,36,40,42H,8,10-12,35H2,1-7H3,(H,37,41,43)/t18-,19+,23?,24+,25?,31-,33+/m1/s1. The highest BCUT2D eigenvalue weighted by molar-refractivity contribution is 7.99. The molecule has 0 aliphatic carbocycles. The Bertz CT molecular complexity index is 1690. The highest BCUT2D eigenvalue weighted by Gasteiger charge is 2.58. The highest BCUT2D eigenvalue weighted by atomic mass is 32.2. The van der Waals surface area contributed by atoms with E-state index in [9.17, 15) is 24.6 Å². The Balaban J connectivity index is 1.55. The van der Waals surface area contributed by atoms with Gasteiger partial charge in [0.25, 0.3) is 0 Å². The molecule has 0 saturated carbocycles. The average molecular weight is 701 g/mol. The van der Waals surface area contributed by atoms with E-state index >= 15 is 0 Å². The van der Waals surface area contributed by atoms with E-state index < -0.39 is 59.7 Å². The summed E-state index contributed by atoms with van der Waals surface area (Å²) in [5.74, 6) is 0.641. The number of phenols is 1. The molecule has 1 saturated heterocycles. The second kappa shape index (κ2) is 13.5. The normalized spacial score (nSPS) is 25.5. The van der Waals surface area contributed by atoms with Crippen LogP contribution in [0, 0.1) is 19.8 Å². The number of ether oxygens (including phenoxy) is 5. The summed E-state index contributed by atoms with van der Waals surface area (Å²) in [6, 6.07) is -1.40.